The van der Waals surface area contributed by atoms with E-state index in [9.17, 15) is 14.7 Å². The summed E-state index contributed by atoms with van der Waals surface area (Å²) < 4.78 is 1.61. The third kappa shape index (κ3) is 2.89. The Hall–Kier alpha value is -2.37. The lowest BCUT2D eigenvalue weighted by molar-refractivity contribution is -0.142. The minimum atomic E-state index is -1.06. The predicted molar refractivity (Wildman–Crippen MR) is 79.1 cm³/mol. The van der Waals surface area contributed by atoms with Crippen LogP contribution in [0.25, 0.3) is 10.9 Å². The largest absolute Gasteiger partial charge is 0.480 e. The molecule has 0 unspecified atom stereocenters. The van der Waals surface area contributed by atoms with Crippen molar-refractivity contribution in [1.82, 2.24) is 15.1 Å². The number of carboxylic acids is 1. The SMILES string of the molecule is Cn1nc(C(=O)N[C@@H](C(=O)O)C(C)(C)C)c2ccccc21. The molecule has 2 rings (SSSR count). The van der Waals surface area contributed by atoms with Crippen LogP contribution in [0.4, 0.5) is 0 Å². The first-order valence-electron chi connectivity index (χ1n) is 6.67. The minimum absolute atomic E-state index is 0.239. The lowest BCUT2D eigenvalue weighted by atomic mass is 9.86. The first kappa shape index (κ1) is 15.0. The van der Waals surface area contributed by atoms with Gasteiger partial charge in [-0.25, -0.2) is 4.79 Å². The highest BCUT2D eigenvalue weighted by atomic mass is 16.4. The first-order valence-corrected chi connectivity index (χ1v) is 6.67. The van der Waals surface area contributed by atoms with Gasteiger partial charge in [0.2, 0.25) is 0 Å². The maximum Gasteiger partial charge on any atom is 0.326 e. The summed E-state index contributed by atoms with van der Waals surface area (Å²) in [4.78, 5) is 23.7. The van der Waals surface area contributed by atoms with Crippen molar-refractivity contribution in [1.29, 1.82) is 0 Å². The van der Waals surface area contributed by atoms with E-state index in [1.165, 1.54) is 0 Å². The number of nitrogens with one attached hydrogen (secondary N) is 1. The molecule has 0 aliphatic carbocycles. The van der Waals surface area contributed by atoms with Crippen LogP contribution in [-0.2, 0) is 11.8 Å². The number of amides is 1. The van der Waals surface area contributed by atoms with Crippen LogP contribution >= 0.6 is 0 Å². The van der Waals surface area contributed by atoms with Crippen LogP contribution in [0.3, 0.4) is 0 Å². The van der Waals surface area contributed by atoms with Crippen LogP contribution in [0.1, 0.15) is 31.3 Å². The zero-order chi connectivity index (χ0) is 15.8. The third-order valence-electron chi connectivity index (χ3n) is 3.36. The summed E-state index contributed by atoms with van der Waals surface area (Å²) in [6, 6.07) is 6.35. The van der Waals surface area contributed by atoms with Gasteiger partial charge in [0.05, 0.1) is 5.52 Å². The summed E-state index contributed by atoms with van der Waals surface area (Å²) in [6.45, 7) is 5.30. The lowest BCUT2D eigenvalue weighted by Crippen LogP contribution is -2.49. The number of carboxylic acid groups (broad SMARTS) is 1. The molecule has 0 radical (unpaired) electrons. The number of fused-ring (bicyclic) bond motifs is 1. The molecule has 1 aromatic carbocycles. The van der Waals surface area contributed by atoms with Gasteiger partial charge in [-0.3, -0.25) is 9.48 Å². The van der Waals surface area contributed by atoms with Gasteiger partial charge in [0.1, 0.15) is 6.04 Å². The summed E-state index contributed by atoms with van der Waals surface area (Å²) in [5.74, 6) is -1.54. The number of benzene rings is 1. The maximum atomic E-state index is 12.4. The molecule has 0 aliphatic rings. The molecule has 0 saturated carbocycles. The molecule has 21 heavy (non-hydrogen) atoms. The Morgan fingerprint density at radius 3 is 2.48 bits per heavy atom. The Kier molecular flexibility index (Phi) is 3.72. The van der Waals surface area contributed by atoms with Crippen molar-refractivity contribution in [3.63, 3.8) is 0 Å². The van der Waals surface area contributed by atoms with Crippen molar-refractivity contribution in [2.45, 2.75) is 26.8 Å². The van der Waals surface area contributed by atoms with Gasteiger partial charge in [-0.1, -0.05) is 39.0 Å². The second-order valence-corrected chi connectivity index (χ2v) is 6.10. The number of hydrogen-bond acceptors (Lipinski definition) is 3. The Bertz CT molecular complexity index is 698. The number of aromatic nitrogens is 2. The van der Waals surface area contributed by atoms with Crippen molar-refractivity contribution < 1.29 is 14.7 Å². The number of rotatable bonds is 3. The monoisotopic (exact) mass is 289 g/mol. The number of carbonyl (C=O) groups excluding carboxylic acids is 1. The van der Waals surface area contributed by atoms with Crippen LogP contribution in [0, 0.1) is 5.41 Å². The quantitative estimate of drug-likeness (QED) is 0.902. The Morgan fingerprint density at radius 1 is 1.29 bits per heavy atom. The summed E-state index contributed by atoms with van der Waals surface area (Å²) in [5.41, 5.74) is 0.473. The van der Waals surface area contributed by atoms with E-state index in [1.54, 1.807) is 38.6 Å². The standard InChI is InChI=1S/C15H19N3O3/c1-15(2,3)12(14(20)21)16-13(19)11-9-7-5-6-8-10(9)18(4)17-11/h5-8,12H,1-4H3,(H,16,19)(H,20,21)/t12-/m0/s1. The number of nitrogens with zero attached hydrogens (tertiary/aromatic N) is 2. The second-order valence-electron chi connectivity index (χ2n) is 6.10. The summed E-state index contributed by atoms with van der Waals surface area (Å²) in [5, 5.41) is 16.7. The summed E-state index contributed by atoms with van der Waals surface area (Å²) in [6.07, 6.45) is 0. The number of para-hydroxylation sites is 1. The molecule has 2 aromatic rings. The van der Waals surface area contributed by atoms with E-state index < -0.39 is 23.3 Å². The fraction of sp³-hybridized carbons (Fsp3) is 0.400. The molecule has 0 fully saturated rings. The topological polar surface area (TPSA) is 84.2 Å². The van der Waals surface area contributed by atoms with Crippen LogP contribution < -0.4 is 5.32 Å². The number of aryl methyl sites for hydroxylation is 1. The Balaban J connectivity index is 2.37. The molecule has 112 valence electrons. The molecule has 0 aliphatic heterocycles. The molecular weight excluding hydrogens is 270 g/mol. The van der Waals surface area contributed by atoms with Gasteiger partial charge < -0.3 is 10.4 Å². The molecule has 0 saturated heterocycles. The highest BCUT2D eigenvalue weighted by Crippen LogP contribution is 2.21. The Morgan fingerprint density at radius 2 is 1.90 bits per heavy atom. The molecule has 0 spiro atoms. The smallest absolute Gasteiger partial charge is 0.326 e. The lowest BCUT2D eigenvalue weighted by Gasteiger charge is -2.27. The van der Waals surface area contributed by atoms with E-state index in [0.29, 0.717) is 5.39 Å². The van der Waals surface area contributed by atoms with E-state index in [-0.39, 0.29) is 5.69 Å². The predicted octanol–water partition coefficient (Wildman–Crippen LogP) is 1.80. The minimum Gasteiger partial charge on any atom is -0.480 e. The van der Waals surface area contributed by atoms with E-state index in [0.717, 1.165) is 5.52 Å². The van der Waals surface area contributed by atoms with Crippen molar-refractivity contribution in [3.8, 4) is 0 Å². The summed E-state index contributed by atoms with van der Waals surface area (Å²) in [7, 11) is 1.75. The Labute approximate surface area is 122 Å². The van der Waals surface area contributed by atoms with Gasteiger partial charge in [0.25, 0.3) is 5.91 Å². The molecule has 1 atom stereocenters. The van der Waals surface area contributed by atoms with Gasteiger partial charge in [0, 0.05) is 12.4 Å². The molecular formula is C15H19N3O3. The average molecular weight is 289 g/mol. The molecule has 1 heterocycles. The van der Waals surface area contributed by atoms with Gasteiger partial charge >= 0.3 is 5.97 Å². The number of aliphatic carboxylic acids is 1. The third-order valence-corrected chi connectivity index (χ3v) is 3.36. The highest BCUT2D eigenvalue weighted by Gasteiger charge is 2.33. The van der Waals surface area contributed by atoms with Crippen molar-refractivity contribution >= 4 is 22.8 Å². The molecule has 2 N–H and O–H groups in total. The zero-order valence-corrected chi connectivity index (χ0v) is 12.5. The van der Waals surface area contributed by atoms with Gasteiger partial charge in [-0.15, -0.1) is 0 Å². The highest BCUT2D eigenvalue weighted by molar-refractivity contribution is 6.05. The molecule has 1 amide bonds. The van der Waals surface area contributed by atoms with Crippen molar-refractivity contribution in [3.05, 3.63) is 30.0 Å². The van der Waals surface area contributed by atoms with Gasteiger partial charge in [-0.05, 0) is 11.5 Å². The maximum absolute atomic E-state index is 12.4. The number of carbonyl (C=O) groups is 2. The van der Waals surface area contributed by atoms with Gasteiger partial charge in [-0.2, -0.15) is 5.10 Å². The number of hydrogen-bond donors (Lipinski definition) is 2. The van der Waals surface area contributed by atoms with Crippen LogP contribution in [0.5, 0.6) is 0 Å². The van der Waals surface area contributed by atoms with Gasteiger partial charge in [0.15, 0.2) is 5.69 Å². The first-order chi connectivity index (χ1) is 9.71. The molecule has 6 heteroatoms. The van der Waals surface area contributed by atoms with Crippen molar-refractivity contribution in [2.75, 3.05) is 0 Å². The molecule has 1 aromatic heterocycles. The molecule has 6 nitrogen and oxygen atoms in total. The summed E-state index contributed by atoms with van der Waals surface area (Å²) >= 11 is 0. The van der Waals surface area contributed by atoms with Crippen LogP contribution in [0.15, 0.2) is 24.3 Å². The van der Waals surface area contributed by atoms with Crippen LogP contribution in [0.2, 0.25) is 0 Å². The van der Waals surface area contributed by atoms with E-state index in [2.05, 4.69) is 10.4 Å². The average Bonchev–Trinajstić information content (AvgIpc) is 2.72. The van der Waals surface area contributed by atoms with Crippen LogP contribution in [-0.4, -0.2) is 32.8 Å². The fourth-order valence-corrected chi connectivity index (χ4v) is 2.23. The molecule has 0 bridgehead atoms. The van der Waals surface area contributed by atoms with Crippen molar-refractivity contribution in [2.24, 2.45) is 12.5 Å². The zero-order valence-electron chi connectivity index (χ0n) is 12.5. The van der Waals surface area contributed by atoms with E-state index in [4.69, 9.17) is 0 Å². The van der Waals surface area contributed by atoms with E-state index in [1.807, 2.05) is 18.2 Å². The normalized spacial score (nSPS) is 13.1. The fourth-order valence-electron chi connectivity index (χ4n) is 2.23. The van der Waals surface area contributed by atoms with E-state index >= 15 is 0 Å². The second kappa shape index (κ2) is 5.20.